The number of piperidine rings is 1. The highest BCUT2D eigenvalue weighted by Gasteiger charge is 2.18. The molecule has 3 rings (SSSR count). The Hall–Kier alpha value is -2.10. The summed E-state index contributed by atoms with van der Waals surface area (Å²) in [6.45, 7) is 8.70. The van der Waals surface area contributed by atoms with Gasteiger partial charge in [0.25, 0.3) is 0 Å². The molecule has 1 N–H and O–H groups in total. The number of benzene rings is 1. The first-order chi connectivity index (χ1) is 11.1. The van der Waals surface area contributed by atoms with E-state index in [1.807, 2.05) is 6.92 Å². The Balaban J connectivity index is 1.76. The first-order valence-corrected chi connectivity index (χ1v) is 8.60. The normalized spacial score (nSPS) is 15.7. The second kappa shape index (κ2) is 6.99. The van der Waals surface area contributed by atoms with Crippen molar-refractivity contribution in [2.75, 3.05) is 23.3 Å². The van der Waals surface area contributed by atoms with Crippen LogP contribution in [0, 0.1) is 12.8 Å². The van der Waals surface area contributed by atoms with E-state index in [9.17, 15) is 0 Å². The largest absolute Gasteiger partial charge is 0.356 e. The topological polar surface area (TPSA) is 41.1 Å². The van der Waals surface area contributed by atoms with Crippen molar-refractivity contribution in [3.05, 3.63) is 41.6 Å². The summed E-state index contributed by atoms with van der Waals surface area (Å²) in [6.07, 6.45) is 3.54. The molecule has 23 heavy (non-hydrogen) atoms. The van der Waals surface area contributed by atoms with Crippen LogP contribution in [0.5, 0.6) is 0 Å². The molecule has 1 aliphatic rings. The maximum absolute atomic E-state index is 4.72. The molecule has 1 aromatic carbocycles. The predicted molar refractivity (Wildman–Crippen MR) is 96.5 cm³/mol. The molecule has 0 bridgehead atoms. The minimum atomic E-state index is 0.683. The van der Waals surface area contributed by atoms with Gasteiger partial charge in [0, 0.05) is 30.5 Å². The van der Waals surface area contributed by atoms with Crippen molar-refractivity contribution in [3.8, 4) is 0 Å². The number of rotatable bonds is 4. The van der Waals surface area contributed by atoms with Crippen molar-refractivity contribution in [2.45, 2.75) is 40.0 Å². The van der Waals surface area contributed by atoms with Crippen molar-refractivity contribution < 1.29 is 0 Å². The lowest BCUT2D eigenvalue weighted by Crippen LogP contribution is -2.33. The SMILES string of the molecule is CCc1ccc(Nc2nc(C)cc(N3CCC(C)CC3)n2)cc1. The maximum atomic E-state index is 4.72. The average molecular weight is 310 g/mol. The Morgan fingerprint density at radius 1 is 1.13 bits per heavy atom. The molecule has 0 unspecified atom stereocenters. The second-order valence-corrected chi connectivity index (χ2v) is 6.54. The standard InChI is InChI=1S/C19H26N4/c1-4-16-5-7-17(8-6-16)21-19-20-15(3)13-18(22-19)23-11-9-14(2)10-12-23/h5-8,13-14H,4,9-12H2,1-3H3,(H,20,21,22). The Labute approximate surface area is 139 Å². The van der Waals surface area contributed by atoms with Gasteiger partial charge in [0.05, 0.1) is 0 Å². The van der Waals surface area contributed by atoms with E-state index in [1.165, 1.54) is 18.4 Å². The molecule has 2 aromatic rings. The summed E-state index contributed by atoms with van der Waals surface area (Å²) in [7, 11) is 0. The van der Waals surface area contributed by atoms with Crippen molar-refractivity contribution >= 4 is 17.5 Å². The molecule has 4 nitrogen and oxygen atoms in total. The third-order valence-corrected chi connectivity index (χ3v) is 4.57. The van der Waals surface area contributed by atoms with Gasteiger partial charge in [0.1, 0.15) is 5.82 Å². The van der Waals surface area contributed by atoms with Crippen LogP contribution >= 0.6 is 0 Å². The Kier molecular flexibility index (Phi) is 4.79. The maximum Gasteiger partial charge on any atom is 0.229 e. The first-order valence-electron chi connectivity index (χ1n) is 8.60. The smallest absolute Gasteiger partial charge is 0.229 e. The molecule has 1 aliphatic heterocycles. The van der Waals surface area contributed by atoms with Crippen LogP contribution in [0.3, 0.4) is 0 Å². The first kappa shape index (κ1) is 15.8. The van der Waals surface area contributed by atoms with Gasteiger partial charge in [0.2, 0.25) is 5.95 Å². The molecule has 0 aliphatic carbocycles. The number of aryl methyl sites for hydroxylation is 2. The molecule has 0 radical (unpaired) electrons. The van der Waals surface area contributed by atoms with E-state index < -0.39 is 0 Å². The molecule has 0 spiro atoms. The summed E-state index contributed by atoms with van der Waals surface area (Å²) in [5.74, 6) is 2.55. The van der Waals surface area contributed by atoms with E-state index in [4.69, 9.17) is 4.98 Å². The van der Waals surface area contributed by atoms with E-state index in [-0.39, 0.29) is 0 Å². The summed E-state index contributed by atoms with van der Waals surface area (Å²) in [5, 5.41) is 3.34. The number of anilines is 3. The lowest BCUT2D eigenvalue weighted by atomic mass is 9.99. The molecule has 0 amide bonds. The van der Waals surface area contributed by atoms with Gasteiger partial charge in [-0.05, 0) is 49.8 Å². The summed E-state index contributed by atoms with van der Waals surface area (Å²) >= 11 is 0. The van der Waals surface area contributed by atoms with Crippen molar-refractivity contribution in [2.24, 2.45) is 5.92 Å². The van der Waals surface area contributed by atoms with E-state index in [0.29, 0.717) is 5.95 Å². The second-order valence-electron chi connectivity index (χ2n) is 6.54. The van der Waals surface area contributed by atoms with Crippen molar-refractivity contribution in [1.29, 1.82) is 0 Å². The van der Waals surface area contributed by atoms with Gasteiger partial charge in [-0.3, -0.25) is 0 Å². The summed E-state index contributed by atoms with van der Waals surface area (Å²) in [6, 6.07) is 10.6. The van der Waals surface area contributed by atoms with Crippen LogP contribution in [0.25, 0.3) is 0 Å². The fourth-order valence-electron chi connectivity index (χ4n) is 2.96. The fraction of sp³-hybridized carbons (Fsp3) is 0.474. The van der Waals surface area contributed by atoms with Gasteiger partial charge in [-0.1, -0.05) is 26.0 Å². The highest BCUT2D eigenvalue weighted by molar-refractivity contribution is 5.56. The Bertz CT molecular complexity index is 643. The van der Waals surface area contributed by atoms with Gasteiger partial charge in [-0.15, -0.1) is 0 Å². The molecule has 1 aromatic heterocycles. The van der Waals surface area contributed by atoms with Crippen LogP contribution in [-0.4, -0.2) is 23.1 Å². The van der Waals surface area contributed by atoms with E-state index >= 15 is 0 Å². The van der Waals surface area contributed by atoms with Crippen LogP contribution in [0.1, 0.15) is 37.9 Å². The summed E-state index contributed by atoms with van der Waals surface area (Å²) in [5.41, 5.74) is 3.37. The van der Waals surface area contributed by atoms with Crippen LogP contribution in [-0.2, 0) is 6.42 Å². The van der Waals surface area contributed by atoms with Crippen LogP contribution in [0.15, 0.2) is 30.3 Å². The van der Waals surface area contributed by atoms with Crippen LogP contribution < -0.4 is 10.2 Å². The van der Waals surface area contributed by atoms with Gasteiger partial charge in [-0.25, -0.2) is 4.98 Å². The van der Waals surface area contributed by atoms with Crippen molar-refractivity contribution in [1.82, 2.24) is 9.97 Å². The van der Waals surface area contributed by atoms with Gasteiger partial charge >= 0.3 is 0 Å². The number of aromatic nitrogens is 2. The van der Waals surface area contributed by atoms with Crippen LogP contribution in [0.4, 0.5) is 17.5 Å². The molecule has 0 atom stereocenters. The third-order valence-electron chi connectivity index (χ3n) is 4.57. The fourth-order valence-corrected chi connectivity index (χ4v) is 2.96. The van der Waals surface area contributed by atoms with E-state index in [0.717, 1.165) is 42.6 Å². The zero-order chi connectivity index (χ0) is 16.2. The highest BCUT2D eigenvalue weighted by Crippen LogP contribution is 2.23. The minimum absolute atomic E-state index is 0.683. The zero-order valence-electron chi connectivity index (χ0n) is 14.3. The molecule has 1 fully saturated rings. The number of nitrogens with zero attached hydrogens (tertiary/aromatic N) is 3. The third kappa shape index (κ3) is 4.01. The lowest BCUT2D eigenvalue weighted by molar-refractivity contribution is 0.436. The minimum Gasteiger partial charge on any atom is -0.356 e. The lowest BCUT2D eigenvalue weighted by Gasteiger charge is -2.31. The molecule has 2 heterocycles. The number of hydrogen-bond donors (Lipinski definition) is 1. The predicted octanol–water partition coefficient (Wildman–Crippen LogP) is 4.33. The Morgan fingerprint density at radius 2 is 1.83 bits per heavy atom. The van der Waals surface area contributed by atoms with Gasteiger partial charge in [-0.2, -0.15) is 4.98 Å². The zero-order valence-corrected chi connectivity index (χ0v) is 14.3. The number of nitrogens with one attached hydrogen (secondary N) is 1. The average Bonchev–Trinajstić information content (AvgIpc) is 2.56. The molecule has 122 valence electrons. The van der Waals surface area contributed by atoms with E-state index in [1.54, 1.807) is 0 Å². The molecular weight excluding hydrogens is 284 g/mol. The molecular formula is C19H26N4. The van der Waals surface area contributed by atoms with E-state index in [2.05, 4.69) is 59.4 Å². The summed E-state index contributed by atoms with van der Waals surface area (Å²) in [4.78, 5) is 11.6. The molecule has 0 saturated carbocycles. The Morgan fingerprint density at radius 3 is 2.48 bits per heavy atom. The monoisotopic (exact) mass is 310 g/mol. The van der Waals surface area contributed by atoms with Crippen LogP contribution in [0.2, 0.25) is 0 Å². The molecule has 1 saturated heterocycles. The quantitative estimate of drug-likeness (QED) is 0.912. The highest BCUT2D eigenvalue weighted by atomic mass is 15.2. The molecule has 4 heteroatoms. The van der Waals surface area contributed by atoms with Crippen molar-refractivity contribution in [3.63, 3.8) is 0 Å². The van der Waals surface area contributed by atoms with Gasteiger partial charge in [0.15, 0.2) is 0 Å². The van der Waals surface area contributed by atoms with Gasteiger partial charge < -0.3 is 10.2 Å². The number of hydrogen-bond acceptors (Lipinski definition) is 4. The summed E-state index contributed by atoms with van der Waals surface area (Å²) < 4.78 is 0.